The van der Waals surface area contributed by atoms with E-state index in [-0.39, 0.29) is 34.3 Å². The summed E-state index contributed by atoms with van der Waals surface area (Å²) in [6, 6.07) is 8.73. The number of pyridine rings is 1. The predicted molar refractivity (Wildman–Crippen MR) is 135 cm³/mol. The number of anilines is 3. The number of aromatic nitrogens is 1. The van der Waals surface area contributed by atoms with Crippen LogP contribution in [0.4, 0.5) is 21.5 Å². The number of hydrogen-bond donors (Lipinski definition) is 2. The molecule has 0 amide bonds. The highest BCUT2D eigenvalue weighted by Gasteiger charge is 2.48. The largest absolute Gasteiger partial charge is 0.601 e. The van der Waals surface area contributed by atoms with Crippen molar-refractivity contribution in [1.82, 2.24) is 4.98 Å². The van der Waals surface area contributed by atoms with E-state index in [0.29, 0.717) is 16.6 Å². The number of hydrogen-bond acceptors (Lipinski definition) is 9. The van der Waals surface area contributed by atoms with Crippen molar-refractivity contribution in [3.63, 3.8) is 0 Å². The third-order valence-corrected chi connectivity index (χ3v) is 12.3. The number of benzene rings is 2. The Bertz CT molecular complexity index is 1610. The first-order chi connectivity index (χ1) is 16.9. The van der Waals surface area contributed by atoms with Crippen LogP contribution < -0.4 is 14.8 Å². The molecule has 2 heterocycles. The molecular formula is C21H18ClFN4O6S3. The van der Waals surface area contributed by atoms with Crippen LogP contribution in [-0.4, -0.2) is 49.7 Å². The summed E-state index contributed by atoms with van der Waals surface area (Å²) in [5.74, 6) is -1.84. The van der Waals surface area contributed by atoms with E-state index < -0.39 is 51.7 Å². The van der Waals surface area contributed by atoms with Gasteiger partial charge in [0.2, 0.25) is 10.0 Å². The van der Waals surface area contributed by atoms with Gasteiger partial charge in [0.25, 0.3) is 0 Å². The molecule has 3 aromatic rings. The molecular weight excluding hydrogens is 555 g/mol. The van der Waals surface area contributed by atoms with Crippen LogP contribution in [0, 0.1) is 17.1 Å². The zero-order valence-electron chi connectivity index (χ0n) is 18.5. The van der Waals surface area contributed by atoms with Crippen molar-refractivity contribution < 1.29 is 30.5 Å². The van der Waals surface area contributed by atoms with Crippen molar-refractivity contribution in [2.75, 3.05) is 28.2 Å². The zero-order chi connectivity index (χ0) is 26.3. The summed E-state index contributed by atoms with van der Waals surface area (Å²) in [6.07, 6.45) is 1.31. The lowest BCUT2D eigenvalue weighted by Crippen LogP contribution is -2.31. The lowest BCUT2D eigenvalue weighted by Gasteiger charge is -2.18. The highest BCUT2D eigenvalue weighted by Crippen LogP contribution is 2.37. The zero-order valence-corrected chi connectivity index (χ0v) is 21.7. The van der Waals surface area contributed by atoms with Crippen molar-refractivity contribution in [3.8, 4) is 11.8 Å². The van der Waals surface area contributed by atoms with E-state index in [1.807, 2.05) is 6.07 Å². The second-order valence-corrected chi connectivity index (χ2v) is 15.1. The molecule has 0 bridgehead atoms. The Hall–Kier alpha value is -2.83. The molecule has 36 heavy (non-hydrogen) atoms. The van der Waals surface area contributed by atoms with Crippen molar-refractivity contribution in [1.29, 1.82) is 5.26 Å². The van der Waals surface area contributed by atoms with Crippen LogP contribution in [0.15, 0.2) is 36.5 Å². The smallest absolute Gasteiger partial charge is 0.314 e. The fourth-order valence-corrected chi connectivity index (χ4v) is 10.8. The Morgan fingerprint density at radius 3 is 2.72 bits per heavy atom. The summed E-state index contributed by atoms with van der Waals surface area (Å²) in [7, 11) is -10.6. The molecule has 0 radical (unpaired) electrons. The minimum absolute atomic E-state index is 0.0310. The van der Waals surface area contributed by atoms with Crippen LogP contribution >= 0.6 is 11.6 Å². The van der Waals surface area contributed by atoms with Gasteiger partial charge >= 0.3 is 8.87 Å². The molecule has 1 saturated heterocycles. The summed E-state index contributed by atoms with van der Waals surface area (Å²) in [4.78, 5) is 4.25. The molecule has 0 saturated carbocycles. The fourth-order valence-electron chi connectivity index (χ4n) is 3.54. The van der Waals surface area contributed by atoms with Gasteiger partial charge in [-0.25, -0.2) is 12.8 Å². The second kappa shape index (κ2) is 9.91. The fraction of sp³-hybridized carbons (Fsp3) is 0.238. The number of halogens is 2. The molecule has 2 N–H and O–H groups in total. The van der Waals surface area contributed by atoms with Gasteiger partial charge in [0.15, 0.2) is 0 Å². The molecule has 0 aliphatic carbocycles. The van der Waals surface area contributed by atoms with Gasteiger partial charge in [-0.15, -0.1) is 0 Å². The van der Waals surface area contributed by atoms with Gasteiger partial charge in [0, 0.05) is 23.3 Å². The van der Waals surface area contributed by atoms with E-state index in [1.165, 1.54) is 30.5 Å². The number of nitrogens with zero attached hydrogens (tertiary/aromatic N) is 2. The predicted octanol–water partition coefficient (Wildman–Crippen LogP) is 3.24. The van der Waals surface area contributed by atoms with Gasteiger partial charge in [-0.1, -0.05) is 11.6 Å². The number of nitriles is 1. The summed E-state index contributed by atoms with van der Waals surface area (Å²) in [5.41, 5.74) is 1.04. The third kappa shape index (κ3) is 5.16. The summed E-state index contributed by atoms with van der Waals surface area (Å²) >= 11 is 5.87. The van der Waals surface area contributed by atoms with E-state index >= 15 is 0 Å². The number of fused-ring (bicyclic) bond motifs is 1. The highest BCUT2D eigenvalue weighted by molar-refractivity contribution is 8.67. The first kappa shape index (κ1) is 26.2. The van der Waals surface area contributed by atoms with E-state index in [0.717, 1.165) is 6.07 Å². The Morgan fingerprint density at radius 1 is 1.36 bits per heavy atom. The Labute approximate surface area is 214 Å². The molecule has 15 heteroatoms. The summed E-state index contributed by atoms with van der Waals surface area (Å²) < 4.78 is 83.0. The van der Waals surface area contributed by atoms with Crippen molar-refractivity contribution in [2.24, 2.45) is 0 Å². The van der Waals surface area contributed by atoms with Gasteiger partial charge in [0.05, 0.1) is 44.3 Å². The summed E-state index contributed by atoms with van der Waals surface area (Å²) in [5, 5.41) is 11.4. The molecule has 4 rings (SSSR count). The maximum atomic E-state index is 13.6. The normalized spacial score (nSPS) is 19.1. The molecule has 2 aromatic carbocycles. The molecule has 0 spiro atoms. The average molecular weight is 573 g/mol. The van der Waals surface area contributed by atoms with Crippen LogP contribution in [0.2, 0.25) is 5.02 Å². The molecule has 190 valence electrons. The number of nitrogens with one attached hydrogen (secondary N) is 2. The minimum atomic E-state index is -4.29. The van der Waals surface area contributed by atoms with Gasteiger partial charge in [-0.2, -0.15) is 13.7 Å². The second-order valence-electron chi connectivity index (χ2n) is 7.67. The number of ether oxygens (including phenoxy) is 1. The summed E-state index contributed by atoms with van der Waals surface area (Å²) in [6.45, 7) is 1.87. The van der Waals surface area contributed by atoms with Gasteiger partial charge in [-0.05, 0) is 31.2 Å². The van der Waals surface area contributed by atoms with E-state index in [9.17, 15) is 31.0 Å². The van der Waals surface area contributed by atoms with Crippen LogP contribution in [0.3, 0.4) is 0 Å². The number of sulfonamides is 1. The van der Waals surface area contributed by atoms with Crippen LogP contribution in [0.1, 0.15) is 12.5 Å². The van der Waals surface area contributed by atoms with Gasteiger partial charge in [-0.3, -0.25) is 9.71 Å². The van der Waals surface area contributed by atoms with Crippen LogP contribution in [0.25, 0.3) is 10.9 Å². The van der Waals surface area contributed by atoms with Gasteiger partial charge in [0.1, 0.15) is 34.4 Å². The van der Waals surface area contributed by atoms with E-state index in [2.05, 4.69) is 15.0 Å². The Morgan fingerprint density at radius 2 is 2.11 bits per heavy atom. The monoisotopic (exact) mass is 572 g/mol. The lowest BCUT2D eigenvalue weighted by atomic mass is 10.1. The molecule has 1 aliphatic rings. The molecule has 1 aromatic heterocycles. The molecule has 10 nitrogen and oxygen atoms in total. The molecule has 2 atom stereocenters. The Kier molecular flexibility index (Phi) is 7.22. The standard InChI is InChI=1S/C21H18ClFN4O6S3/c1-2-33-20-7-18-15(6-19(20)27-36(31,32)14-10-34(28)35(29,30)11-14)21(12(8-24)9-25-18)26-13-3-4-17(23)16(22)5-13/h3-7,9,14,27H,2,10-11H2,1H3,(H,25,26). The topological polar surface area (TPSA) is 161 Å². The third-order valence-electron chi connectivity index (χ3n) is 5.26. The van der Waals surface area contributed by atoms with E-state index in [4.69, 9.17) is 16.3 Å². The molecule has 2 unspecified atom stereocenters. The molecule has 1 fully saturated rings. The Balaban J connectivity index is 1.82. The van der Waals surface area contributed by atoms with Crippen molar-refractivity contribution in [2.45, 2.75) is 12.2 Å². The van der Waals surface area contributed by atoms with Crippen molar-refractivity contribution in [3.05, 3.63) is 52.9 Å². The average Bonchev–Trinajstić information content (AvgIpc) is 3.10. The van der Waals surface area contributed by atoms with Crippen LogP contribution in [0.5, 0.6) is 5.75 Å². The van der Waals surface area contributed by atoms with E-state index in [1.54, 1.807) is 6.92 Å². The molecule has 1 aliphatic heterocycles. The maximum Gasteiger partial charge on any atom is 0.314 e. The SMILES string of the molecule is CCOc1cc2ncc(C#N)c(Nc3ccc(F)c(Cl)c3)c2cc1NS(=O)(=O)C1C[S+]([O-])S(=O)(=O)C1. The van der Waals surface area contributed by atoms with Crippen molar-refractivity contribution >= 4 is 68.7 Å². The highest BCUT2D eigenvalue weighted by atomic mass is 35.5. The lowest BCUT2D eigenvalue weighted by molar-refractivity contribution is 0.342. The minimum Gasteiger partial charge on any atom is -0.601 e. The first-order valence-corrected chi connectivity index (χ1v) is 15.7. The first-order valence-electron chi connectivity index (χ1n) is 10.3. The van der Waals surface area contributed by atoms with Crippen LogP contribution in [-0.2, 0) is 29.1 Å². The van der Waals surface area contributed by atoms with Gasteiger partial charge < -0.3 is 14.6 Å². The maximum absolute atomic E-state index is 13.6. The number of rotatable bonds is 7. The quantitative estimate of drug-likeness (QED) is 0.320.